The summed E-state index contributed by atoms with van der Waals surface area (Å²) in [5.41, 5.74) is 2.35. The lowest BCUT2D eigenvalue weighted by Gasteiger charge is -2.22. The Kier molecular flexibility index (Phi) is 7.14. The average molecular weight is 343 g/mol. The Morgan fingerprint density at radius 3 is 2.24 bits per heavy atom. The molecule has 4 heteroatoms. The lowest BCUT2D eigenvalue weighted by molar-refractivity contribution is 0.146. The molecule has 0 aromatic heterocycles. The molecule has 0 amide bonds. The van der Waals surface area contributed by atoms with Crippen molar-refractivity contribution in [3.8, 4) is 11.5 Å². The van der Waals surface area contributed by atoms with Gasteiger partial charge in [-0.1, -0.05) is 39.0 Å². The third-order valence-corrected chi connectivity index (χ3v) is 3.79. The van der Waals surface area contributed by atoms with Crippen LogP contribution < -0.4 is 14.8 Å². The van der Waals surface area contributed by atoms with E-state index < -0.39 is 0 Å². The first-order valence-corrected chi connectivity index (χ1v) is 8.68. The number of rotatable bonds is 9. The van der Waals surface area contributed by atoms with Crippen LogP contribution in [0.1, 0.15) is 26.3 Å². The Morgan fingerprint density at radius 1 is 0.840 bits per heavy atom. The molecular formula is C21H29NO3. The van der Waals surface area contributed by atoms with Crippen molar-refractivity contribution in [1.82, 2.24) is 0 Å². The van der Waals surface area contributed by atoms with Crippen LogP contribution in [0.15, 0.2) is 48.5 Å². The number of hydrogen-bond acceptors (Lipinski definition) is 4. The molecule has 1 N–H and O–H groups in total. The van der Waals surface area contributed by atoms with Gasteiger partial charge in [0.2, 0.25) is 0 Å². The highest BCUT2D eigenvalue weighted by molar-refractivity contribution is 5.46. The van der Waals surface area contributed by atoms with Crippen molar-refractivity contribution in [2.45, 2.75) is 26.2 Å². The van der Waals surface area contributed by atoms with Gasteiger partial charge in [-0.3, -0.25) is 0 Å². The summed E-state index contributed by atoms with van der Waals surface area (Å²) in [6.45, 7) is 9.09. The van der Waals surface area contributed by atoms with Crippen molar-refractivity contribution in [2.75, 3.05) is 38.8 Å². The van der Waals surface area contributed by atoms with Gasteiger partial charge in [0, 0.05) is 19.3 Å². The highest BCUT2D eigenvalue weighted by Gasteiger charge is 2.18. The predicted octanol–water partition coefficient (Wildman–Crippen LogP) is 4.50. The summed E-state index contributed by atoms with van der Waals surface area (Å²) in [4.78, 5) is 0. The second-order valence-electron chi connectivity index (χ2n) is 6.89. The second-order valence-corrected chi connectivity index (χ2v) is 6.89. The molecule has 0 saturated carbocycles. The van der Waals surface area contributed by atoms with Crippen molar-refractivity contribution in [1.29, 1.82) is 0 Å². The summed E-state index contributed by atoms with van der Waals surface area (Å²) in [7, 11) is 1.67. The molecule has 0 atom stereocenters. The van der Waals surface area contributed by atoms with Crippen LogP contribution in [-0.2, 0) is 10.2 Å². The van der Waals surface area contributed by atoms with Crippen LogP contribution >= 0.6 is 0 Å². The molecule has 0 aliphatic heterocycles. The van der Waals surface area contributed by atoms with E-state index in [1.807, 2.05) is 36.4 Å². The molecule has 2 aromatic rings. The maximum absolute atomic E-state index is 5.97. The number of hydrogen-bond donors (Lipinski definition) is 1. The monoisotopic (exact) mass is 343 g/mol. The van der Waals surface area contributed by atoms with Crippen molar-refractivity contribution < 1.29 is 14.2 Å². The lowest BCUT2D eigenvalue weighted by atomic mass is 9.86. The fourth-order valence-electron chi connectivity index (χ4n) is 2.48. The zero-order valence-corrected chi connectivity index (χ0v) is 15.7. The fourth-order valence-corrected chi connectivity index (χ4v) is 2.48. The molecule has 0 unspecified atom stereocenters. The van der Waals surface area contributed by atoms with E-state index in [2.05, 4.69) is 38.2 Å². The second kappa shape index (κ2) is 9.33. The van der Waals surface area contributed by atoms with Crippen LogP contribution in [0.2, 0.25) is 0 Å². The van der Waals surface area contributed by atoms with Gasteiger partial charge in [0.05, 0.1) is 6.61 Å². The van der Waals surface area contributed by atoms with Crippen molar-refractivity contribution in [3.63, 3.8) is 0 Å². The Balaban J connectivity index is 1.78. The minimum Gasteiger partial charge on any atom is -0.491 e. The number of ether oxygens (including phenoxy) is 3. The first kappa shape index (κ1) is 19.1. The molecule has 0 saturated heterocycles. The highest BCUT2D eigenvalue weighted by atomic mass is 16.5. The SMILES string of the molecule is COCCOc1ccc(NCCOc2ccccc2C(C)(C)C)cc1. The number of benzene rings is 2. The van der Waals surface area contributed by atoms with Crippen LogP contribution in [-0.4, -0.2) is 33.5 Å². The van der Waals surface area contributed by atoms with Crippen molar-refractivity contribution >= 4 is 5.69 Å². The molecule has 0 aliphatic rings. The van der Waals surface area contributed by atoms with Crippen LogP contribution in [0, 0.1) is 0 Å². The van der Waals surface area contributed by atoms with E-state index >= 15 is 0 Å². The van der Waals surface area contributed by atoms with Gasteiger partial charge in [0.1, 0.15) is 24.7 Å². The first-order chi connectivity index (χ1) is 12.0. The van der Waals surface area contributed by atoms with E-state index in [0.717, 1.165) is 23.7 Å². The summed E-state index contributed by atoms with van der Waals surface area (Å²) in [6.07, 6.45) is 0. The predicted molar refractivity (Wildman–Crippen MR) is 103 cm³/mol. The molecule has 2 rings (SSSR count). The molecule has 4 nitrogen and oxygen atoms in total. The maximum atomic E-state index is 5.97. The first-order valence-electron chi connectivity index (χ1n) is 8.68. The van der Waals surface area contributed by atoms with Gasteiger partial charge in [-0.15, -0.1) is 0 Å². The highest BCUT2D eigenvalue weighted by Crippen LogP contribution is 2.30. The number of anilines is 1. The van der Waals surface area contributed by atoms with Gasteiger partial charge in [-0.2, -0.15) is 0 Å². The summed E-state index contributed by atoms with van der Waals surface area (Å²) in [6, 6.07) is 16.2. The van der Waals surface area contributed by atoms with Crippen LogP contribution in [0.25, 0.3) is 0 Å². The Labute approximate surface area is 151 Å². The molecular weight excluding hydrogens is 314 g/mol. The van der Waals surface area contributed by atoms with Crippen LogP contribution in [0.4, 0.5) is 5.69 Å². The molecule has 136 valence electrons. The summed E-state index contributed by atoms with van der Waals surface area (Å²) < 4.78 is 16.5. The molecule has 0 spiro atoms. The molecule has 0 aliphatic carbocycles. The van der Waals surface area contributed by atoms with E-state index in [0.29, 0.717) is 19.8 Å². The number of methoxy groups -OCH3 is 1. The van der Waals surface area contributed by atoms with E-state index in [4.69, 9.17) is 14.2 Å². The molecule has 2 aromatic carbocycles. The molecule has 0 bridgehead atoms. The van der Waals surface area contributed by atoms with Gasteiger partial charge < -0.3 is 19.5 Å². The van der Waals surface area contributed by atoms with Crippen LogP contribution in [0.5, 0.6) is 11.5 Å². The third kappa shape index (κ3) is 6.31. The topological polar surface area (TPSA) is 39.7 Å². The molecule has 0 heterocycles. The van der Waals surface area contributed by atoms with E-state index in [1.54, 1.807) is 7.11 Å². The Hall–Kier alpha value is -2.20. The molecule has 0 fully saturated rings. The van der Waals surface area contributed by atoms with E-state index in [-0.39, 0.29) is 5.41 Å². The minimum absolute atomic E-state index is 0.0721. The average Bonchev–Trinajstić information content (AvgIpc) is 2.60. The normalized spacial score (nSPS) is 11.2. The van der Waals surface area contributed by atoms with Gasteiger partial charge in [-0.05, 0) is 41.3 Å². The van der Waals surface area contributed by atoms with Gasteiger partial charge in [0.15, 0.2) is 0 Å². The minimum atomic E-state index is 0.0721. The number of nitrogens with one attached hydrogen (secondary N) is 1. The molecule has 0 radical (unpaired) electrons. The zero-order chi connectivity index (χ0) is 18.1. The smallest absolute Gasteiger partial charge is 0.123 e. The maximum Gasteiger partial charge on any atom is 0.123 e. The van der Waals surface area contributed by atoms with E-state index in [1.165, 1.54) is 5.56 Å². The molecule has 25 heavy (non-hydrogen) atoms. The number of para-hydroxylation sites is 1. The third-order valence-electron chi connectivity index (χ3n) is 3.79. The van der Waals surface area contributed by atoms with E-state index in [9.17, 15) is 0 Å². The van der Waals surface area contributed by atoms with Crippen molar-refractivity contribution in [3.05, 3.63) is 54.1 Å². The zero-order valence-electron chi connectivity index (χ0n) is 15.7. The Morgan fingerprint density at radius 2 is 1.56 bits per heavy atom. The quantitative estimate of drug-likeness (QED) is 0.681. The van der Waals surface area contributed by atoms with Gasteiger partial charge >= 0.3 is 0 Å². The standard InChI is InChI=1S/C21H29NO3/c1-21(2,3)19-7-5-6-8-20(19)25-14-13-22-17-9-11-18(12-10-17)24-16-15-23-4/h5-12,22H,13-16H2,1-4H3. The Bertz CT molecular complexity index is 632. The van der Waals surface area contributed by atoms with Crippen LogP contribution in [0.3, 0.4) is 0 Å². The summed E-state index contributed by atoms with van der Waals surface area (Å²) >= 11 is 0. The largest absolute Gasteiger partial charge is 0.491 e. The summed E-state index contributed by atoms with van der Waals surface area (Å²) in [5, 5.41) is 3.36. The lowest BCUT2D eigenvalue weighted by Crippen LogP contribution is -2.16. The fraction of sp³-hybridized carbons (Fsp3) is 0.429. The van der Waals surface area contributed by atoms with Crippen molar-refractivity contribution in [2.24, 2.45) is 0 Å². The van der Waals surface area contributed by atoms with Gasteiger partial charge in [0.25, 0.3) is 0 Å². The summed E-state index contributed by atoms with van der Waals surface area (Å²) in [5.74, 6) is 1.80. The van der Waals surface area contributed by atoms with Gasteiger partial charge in [-0.25, -0.2) is 0 Å².